The molecule has 0 bridgehead atoms. The second kappa shape index (κ2) is 11.9. The van der Waals surface area contributed by atoms with Crippen LogP contribution in [0.4, 0.5) is 17.1 Å². The van der Waals surface area contributed by atoms with Crippen LogP contribution in [-0.2, 0) is 0 Å². The average Bonchev–Trinajstić information content (AvgIpc) is 3.81. The maximum atomic E-state index is 6.49. The number of fused-ring (bicyclic) bond motifs is 5. The zero-order valence-electron chi connectivity index (χ0n) is 27.5. The van der Waals surface area contributed by atoms with E-state index in [2.05, 4.69) is 157 Å². The van der Waals surface area contributed by atoms with E-state index in [1.54, 1.807) is 0 Å². The summed E-state index contributed by atoms with van der Waals surface area (Å²) in [5.74, 6) is 0.617. The van der Waals surface area contributed by atoms with Gasteiger partial charge >= 0.3 is 0 Å². The van der Waals surface area contributed by atoms with Crippen molar-refractivity contribution >= 4 is 60.9 Å². The fraction of sp³-hybridized carbons (Fsp3) is 0. The van der Waals surface area contributed by atoms with E-state index in [4.69, 9.17) is 13.8 Å². The lowest BCUT2D eigenvalue weighted by atomic mass is 10.0. The lowest BCUT2D eigenvalue weighted by Crippen LogP contribution is -2.09. The topological polar surface area (TPSA) is 42.4 Å². The molecular formula is C47H30N2O2. The first-order chi connectivity index (χ1) is 25.2. The minimum absolute atomic E-state index is 0.617. The summed E-state index contributed by atoms with van der Waals surface area (Å²) in [5, 5.41) is 4.57. The summed E-state index contributed by atoms with van der Waals surface area (Å²) in [5.41, 5.74) is 11.8. The van der Waals surface area contributed by atoms with Crippen molar-refractivity contribution in [2.75, 3.05) is 4.90 Å². The van der Waals surface area contributed by atoms with E-state index in [0.717, 1.165) is 72.2 Å². The van der Waals surface area contributed by atoms with Gasteiger partial charge in [0.05, 0.1) is 0 Å². The Hall–Kier alpha value is -6.91. The highest BCUT2D eigenvalue weighted by Gasteiger charge is 2.18. The molecule has 4 nitrogen and oxygen atoms in total. The van der Waals surface area contributed by atoms with Crippen LogP contribution in [0.25, 0.3) is 77.5 Å². The Morgan fingerprint density at radius 2 is 1.04 bits per heavy atom. The number of furan rings is 1. The van der Waals surface area contributed by atoms with Crippen LogP contribution in [0.1, 0.15) is 0 Å². The Balaban J connectivity index is 1.05. The second-order valence-electron chi connectivity index (χ2n) is 12.8. The number of hydrogen-bond donors (Lipinski definition) is 0. The number of rotatable bonds is 6. The van der Waals surface area contributed by atoms with Crippen molar-refractivity contribution in [3.05, 3.63) is 182 Å². The first-order valence-corrected chi connectivity index (χ1v) is 17.1. The third-order valence-electron chi connectivity index (χ3n) is 9.70. The number of benzene rings is 8. The number of hydrogen-bond acceptors (Lipinski definition) is 4. The van der Waals surface area contributed by atoms with Crippen molar-refractivity contribution in [3.8, 4) is 33.7 Å². The van der Waals surface area contributed by atoms with E-state index < -0.39 is 0 Å². The van der Waals surface area contributed by atoms with Crippen LogP contribution in [-0.4, -0.2) is 4.98 Å². The molecule has 0 atom stereocenters. The van der Waals surface area contributed by atoms with Gasteiger partial charge in [0.15, 0.2) is 5.58 Å². The molecule has 8 aromatic carbocycles. The van der Waals surface area contributed by atoms with Gasteiger partial charge in [-0.25, -0.2) is 4.98 Å². The summed E-state index contributed by atoms with van der Waals surface area (Å²) in [6.07, 6.45) is 0. The Kier molecular flexibility index (Phi) is 6.78. The van der Waals surface area contributed by atoms with Crippen molar-refractivity contribution in [1.82, 2.24) is 4.98 Å². The number of nitrogens with zero attached hydrogens (tertiary/aromatic N) is 2. The standard InChI is InChI=1S/C47H30N2O2/c1-2-9-31(10-3-1)33-19-23-37(24-20-33)49(39-27-28-42-41-13-6-7-16-44(41)50-45(42)30-39)38-25-21-34(22-26-38)40-14-8-15-43-46(40)51-47(48-43)36-18-17-32-11-4-5-12-35(32)29-36/h1-30H. The highest BCUT2D eigenvalue weighted by atomic mass is 16.3. The van der Waals surface area contributed by atoms with Crippen molar-refractivity contribution in [2.24, 2.45) is 0 Å². The first kappa shape index (κ1) is 29.0. The Bertz CT molecular complexity index is 2850. The second-order valence-corrected chi connectivity index (χ2v) is 12.8. The first-order valence-electron chi connectivity index (χ1n) is 17.1. The van der Waals surface area contributed by atoms with Crippen LogP contribution < -0.4 is 4.90 Å². The molecule has 4 heteroatoms. The van der Waals surface area contributed by atoms with Crippen LogP contribution >= 0.6 is 0 Å². The molecular weight excluding hydrogens is 625 g/mol. The van der Waals surface area contributed by atoms with E-state index in [1.807, 2.05) is 30.3 Å². The average molecular weight is 655 g/mol. The summed E-state index contributed by atoms with van der Waals surface area (Å²) in [4.78, 5) is 7.16. The highest BCUT2D eigenvalue weighted by Crippen LogP contribution is 2.40. The maximum Gasteiger partial charge on any atom is 0.227 e. The van der Waals surface area contributed by atoms with Crippen molar-refractivity contribution in [1.29, 1.82) is 0 Å². The van der Waals surface area contributed by atoms with Crippen LogP contribution in [0, 0.1) is 0 Å². The molecule has 0 spiro atoms. The fourth-order valence-corrected chi connectivity index (χ4v) is 7.15. The van der Waals surface area contributed by atoms with Gasteiger partial charge in [-0.05, 0) is 88.1 Å². The van der Waals surface area contributed by atoms with Gasteiger partial charge in [0.25, 0.3) is 0 Å². The van der Waals surface area contributed by atoms with Gasteiger partial charge in [-0.1, -0.05) is 115 Å². The molecule has 0 saturated carbocycles. The molecule has 0 fully saturated rings. The molecule has 0 saturated heterocycles. The molecule has 0 aliphatic rings. The monoisotopic (exact) mass is 654 g/mol. The fourth-order valence-electron chi connectivity index (χ4n) is 7.15. The van der Waals surface area contributed by atoms with Gasteiger partial charge in [-0.3, -0.25) is 0 Å². The van der Waals surface area contributed by atoms with Crippen LogP contribution in [0.5, 0.6) is 0 Å². The summed E-state index contributed by atoms with van der Waals surface area (Å²) < 4.78 is 12.8. The van der Waals surface area contributed by atoms with Crippen LogP contribution in [0.2, 0.25) is 0 Å². The third kappa shape index (κ3) is 5.13. The Morgan fingerprint density at radius 1 is 0.392 bits per heavy atom. The molecule has 51 heavy (non-hydrogen) atoms. The third-order valence-corrected chi connectivity index (χ3v) is 9.70. The van der Waals surface area contributed by atoms with Gasteiger partial charge in [0.2, 0.25) is 5.89 Å². The molecule has 240 valence electrons. The minimum Gasteiger partial charge on any atom is -0.456 e. The van der Waals surface area contributed by atoms with Crippen LogP contribution in [0.3, 0.4) is 0 Å². The van der Waals surface area contributed by atoms with Gasteiger partial charge < -0.3 is 13.7 Å². The van der Waals surface area contributed by atoms with E-state index in [9.17, 15) is 0 Å². The molecule has 0 unspecified atom stereocenters. The van der Waals surface area contributed by atoms with Crippen LogP contribution in [0.15, 0.2) is 191 Å². The minimum atomic E-state index is 0.617. The predicted octanol–water partition coefficient (Wildman–Crippen LogP) is 13.4. The summed E-state index contributed by atoms with van der Waals surface area (Å²) >= 11 is 0. The number of aromatic nitrogens is 1. The van der Waals surface area contributed by atoms with E-state index in [-0.39, 0.29) is 0 Å². The quantitative estimate of drug-likeness (QED) is 0.179. The van der Waals surface area contributed by atoms with Gasteiger partial charge in [0.1, 0.15) is 16.7 Å². The van der Waals surface area contributed by atoms with E-state index in [1.165, 1.54) is 16.5 Å². The Morgan fingerprint density at radius 3 is 1.86 bits per heavy atom. The molecule has 0 aliphatic heterocycles. The molecule has 2 heterocycles. The lowest BCUT2D eigenvalue weighted by Gasteiger charge is -2.26. The highest BCUT2D eigenvalue weighted by molar-refractivity contribution is 6.06. The molecule has 0 aliphatic carbocycles. The van der Waals surface area contributed by atoms with E-state index >= 15 is 0 Å². The van der Waals surface area contributed by atoms with Crippen molar-refractivity contribution in [3.63, 3.8) is 0 Å². The van der Waals surface area contributed by atoms with Gasteiger partial charge in [-0.2, -0.15) is 0 Å². The zero-order chi connectivity index (χ0) is 33.7. The Labute approximate surface area is 294 Å². The zero-order valence-corrected chi connectivity index (χ0v) is 27.5. The largest absolute Gasteiger partial charge is 0.456 e. The SMILES string of the molecule is c1ccc(-c2ccc(N(c3ccc(-c4cccc5nc(-c6ccc7ccccc7c6)oc45)cc3)c3ccc4c(c3)oc3ccccc34)cc2)cc1. The number of para-hydroxylation sites is 2. The molecule has 0 N–H and O–H groups in total. The number of oxazole rings is 1. The van der Waals surface area contributed by atoms with Crippen molar-refractivity contribution < 1.29 is 8.83 Å². The summed E-state index contributed by atoms with van der Waals surface area (Å²) in [6, 6.07) is 63.4. The van der Waals surface area contributed by atoms with Gasteiger partial charge in [0, 0.05) is 45.0 Å². The molecule has 10 rings (SSSR count). The van der Waals surface area contributed by atoms with Gasteiger partial charge in [-0.15, -0.1) is 0 Å². The summed E-state index contributed by atoms with van der Waals surface area (Å²) in [7, 11) is 0. The smallest absolute Gasteiger partial charge is 0.227 e. The summed E-state index contributed by atoms with van der Waals surface area (Å²) in [6.45, 7) is 0. The van der Waals surface area contributed by atoms with Crippen molar-refractivity contribution in [2.45, 2.75) is 0 Å². The normalized spacial score (nSPS) is 11.5. The molecule has 2 aromatic heterocycles. The molecule has 0 radical (unpaired) electrons. The lowest BCUT2D eigenvalue weighted by molar-refractivity contribution is 0.621. The van der Waals surface area contributed by atoms with E-state index in [0.29, 0.717) is 5.89 Å². The number of anilines is 3. The maximum absolute atomic E-state index is 6.49. The molecule has 0 amide bonds. The molecule has 10 aromatic rings. The predicted molar refractivity (Wildman–Crippen MR) is 210 cm³/mol.